The Morgan fingerprint density at radius 3 is 1.23 bits per heavy atom. The predicted octanol–water partition coefficient (Wildman–Crippen LogP) is 8.13. The molecule has 8 nitrogen and oxygen atoms in total. The second-order valence-electron chi connectivity index (χ2n) is 9.97. The Hall–Kier alpha value is -4.80. The van der Waals surface area contributed by atoms with Crippen LogP contribution in [0, 0.1) is 0 Å². The second-order valence-corrected chi connectivity index (χ2v) is 12.1. The molecule has 0 aliphatic carbocycles. The molecule has 48 heavy (non-hydrogen) atoms. The number of carbonyl (C=O) groups is 4. The van der Waals surface area contributed by atoms with Gasteiger partial charge in [0.05, 0.1) is 26.4 Å². The zero-order valence-corrected chi connectivity index (χ0v) is 28.2. The Balaban J connectivity index is 1.33. The lowest BCUT2D eigenvalue weighted by atomic mass is 10.2. The van der Waals surface area contributed by atoms with Gasteiger partial charge in [0.25, 0.3) is 0 Å². The number of hydrogen-bond donors (Lipinski definition) is 0. The summed E-state index contributed by atoms with van der Waals surface area (Å²) in [4.78, 5) is 48.5. The molecule has 0 atom stereocenters. The average molecular weight is 687 g/mol. The topological polar surface area (TPSA) is 105 Å². The van der Waals surface area contributed by atoms with Crippen molar-refractivity contribution in [2.75, 3.05) is 26.4 Å². The lowest BCUT2D eigenvalue weighted by Crippen LogP contribution is -2.04. The molecule has 0 saturated carbocycles. The zero-order valence-electron chi connectivity index (χ0n) is 26.5. The van der Waals surface area contributed by atoms with E-state index in [0.29, 0.717) is 39.3 Å². The molecule has 3 rings (SSSR count). The van der Waals surface area contributed by atoms with Crippen LogP contribution in [0.3, 0.4) is 0 Å². The van der Waals surface area contributed by atoms with Gasteiger partial charge in [0.2, 0.25) is 10.2 Å². The molecule has 0 bridgehead atoms. The minimum atomic E-state index is -0.425. The number of ether oxygens (including phenoxy) is 4. The highest BCUT2D eigenvalue weighted by Crippen LogP contribution is 2.26. The van der Waals surface area contributed by atoms with Crippen LogP contribution in [0.25, 0.3) is 12.2 Å². The Morgan fingerprint density at radius 2 is 0.875 bits per heavy atom. The fourth-order valence-corrected chi connectivity index (χ4v) is 5.09. The summed E-state index contributed by atoms with van der Waals surface area (Å²) in [6.07, 6.45) is 11.7. The van der Waals surface area contributed by atoms with Gasteiger partial charge in [-0.3, -0.25) is 9.59 Å². The highest BCUT2D eigenvalue weighted by Gasteiger charge is 2.05. The molecule has 3 aromatic carbocycles. The standard InChI is InChI=1S/C38H38O8S2/c1-3-35(39)45-27-7-5-25-43-31-15-9-29(10-16-31)13-23-37(41)47-33-19-21-34(22-20-33)48-38(42)24-14-30-11-17-32(18-12-30)44-26-6-8-28-46-36(40)4-2/h3-4,9-24H,1-2,5-8,25-28H2. The first-order valence-corrected chi connectivity index (χ1v) is 16.9. The van der Waals surface area contributed by atoms with Crippen molar-refractivity contribution in [3.8, 4) is 11.5 Å². The lowest BCUT2D eigenvalue weighted by molar-refractivity contribution is -0.138. The van der Waals surface area contributed by atoms with Gasteiger partial charge in [0, 0.05) is 21.9 Å². The number of unbranched alkanes of at least 4 members (excludes halogenated alkanes) is 2. The van der Waals surface area contributed by atoms with Gasteiger partial charge in [0.1, 0.15) is 11.5 Å². The lowest BCUT2D eigenvalue weighted by Gasteiger charge is -2.06. The van der Waals surface area contributed by atoms with Crippen LogP contribution in [0.15, 0.2) is 120 Å². The fraction of sp³-hybridized carbons (Fsp3) is 0.211. The molecule has 0 spiro atoms. The van der Waals surface area contributed by atoms with Crippen molar-refractivity contribution in [1.29, 1.82) is 0 Å². The van der Waals surface area contributed by atoms with Crippen LogP contribution in [0.2, 0.25) is 0 Å². The molecule has 250 valence electrons. The maximum atomic E-state index is 12.5. The van der Waals surface area contributed by atoms with E-state index in [1.165, 1.54) is 12.2 Å². The summed E-state index contributed by atoms with van der Waals surface area (Å²) >= 11 is 2.21. The van der Waals surface area contributed by atoms with Crippen molar-refractivity contribution in [3.63, 3.8) is 0 Å². The van der Waals surface area contributed by atoms with Crippen molar-refractivity contribution in [3.05, 3.63) is 121 Å². The van der Waals surface area contributed by atoms with Gasteiger partial charge in [-0.2, -0.15) is 0 Å². The number of thioether (sulfide) groups is 2. The Bertz CT molecular complexity index is 1440. The van der Waals surface area contributed by atoms with Gasteiger partial charge in [-0.1, -0.05) is 49.6 Å². The molecular weight excluding hydrogens is 649 g/mol. The van der Waals surface area contributed by atoms with Crippen molar-refractivity contribution in [1.82, 2.24) is 0 Å². The summed E-state index contributed by atoms with van der Waals surface area (Å²) in [6.45, 7) is 8.39. The number of carbonyl (C=O) groups excluding carboxylic acids is 4. The Labute approximate surface area is 289 Å². The summed E-state index contributed by atoms with van der Waals surface area (Å²) in [6, 6.07) is 22.1. The van der Waals surface area contributed by atoms with Crippen LogP contribution in [0.1, 0.15) is 36.8 Å². The van der Waals surface area contributed by atoms with Crippen LogP contribution in [-0.2, 0) is 28.7 Å². The highest BCUT2D eigenvalue weighted by atomic mass is 32.2. The molecular formula is C38H38O8S2. The number of hydrogen-bond acceptors (Lipinski definition) is 10. The molecule has 0 heterocycles. The van der Waals surface area contributed by atoms with Crippen molar-refractivity contribution in [2.24, 2.45) is 0 Å². The van der Waals surface area contributed by atoms with Crippen molar-refractivity contribution >= 4 is 57.8 Å². The van der Waals surface area contributed by atoms with Crippen LogP contribution < -0.4 is 9.47 Å². The maximum Gasteiger partial charge on any atom is 0.330 e. The van der Waals surface area contributed by atoms with Gasteiger partial charge in [0.15, 0.2) is 0 Å². The third kappa shape index (κ3) is 15.7. The SMILES string of the molecule is C=CC(=O)OCCCCOc1ccc(C=CC(=O)Sc2ccc(SC(=O)C=Cc3ccc(OCCCCOC(=O)C=C)cc3)cc2)cc1. The number of rotatable bonds is 20. The highest BCUT2D eigenvalue weighted by molar-refractivity contribution is 8.14. The zero-order chi connectivity index (χ0) is 34.4. The summed E-state index contributed by atoms with van der Waals surface area (Å²) in [7, 11) is 0. The number of esters is 2. The molecule has 0 aliphatic heterocycles. The van der Waals surface area contributed by atoms with Crippen molar-refractivity contribution in [2.45, 2.75) is 35.5 Å². The van der Waals surface area contributed by atoms with Crippen molar-refractivity contribution < 1.29 is 38.1 Å². The minimum absolute atomic E-state index is 0.116. The first-order chi connectivity index (χ1) is 23.3. The maximum absolute atomic E-state index is 12.5. The molecule has 3 aromatic rings. The van der Waals surface area contributed by atoms with E-state index >= 15 is 0 Å². The van der Waals surface area contributed by atoms with E-state index in [4.69, 9.17) is 18.9 Å². The summed E-state index contributed by atoms with van der Waals surface area (Å²) in [5, 5.41) is -0.232. The molecule has 0 fully saturated rings. The van der Waals surface area contributed by atoms with Gasteiger partial charge < -0.3 is 18.9 Å². The minimum Gasteiger partial charge on any atom is -0.494 e. The van der Waals surface area contributed by atoms with E-state index < -0.39 is 11.9 Å². The molecule has 10 heteroatoms. The van der Waals surface area contributed by atoms with E-state index in [-0.39, 0.29) is 10.2 Å². The van der Waals surface area contributed by atoms with E-state index in [9.17, 15) is 19.2 Å². The van der Waals surface area contributed by atoms with Crippen LogP contribution in [-0.4, -0.2) is 48.6 Å². The largest absolute Gasteiger partial charge is 0.494 e. The molecule has 0 aliphatic rings. The second kappa shape index (κ2) is 21.9. The summed E-state index contributed by atoms with van der Waals surface area (Å²) in [5.41, 5.74) is 1.74. The van der Waals surface area contributed by atoms with Crippen LogP contribution in [0.5, 0.6) is 11.5 Å². The van der Waals surface area contributed by atoms with Gasteiger partial charge in [-0.25, -0.2) is 9.59 Å². The predicted molar refractivity (Wildman–Crippen MR) is 191 cm³/mol. The van der Waals surface area contributed by atoms with E-state index in [0.717, 1.165) is 80.9 Å². The molecule has 0 N–H and O–H groups in total. The fourth-order valence-electron chi connectivity index (χ4n) is 3.81. The Morgan fingerprint density at radius 1 is 0.521 bits per heavy atom. The molecule has 0 unspecified atom stereocenters. The van der Waals surface area contributed by atoms with E-state index in [1.807, 2.05) is 72.8 Å². The van der Waals surface area contributed by atoms with E-state index in [1.54, 1.807) is 12.2 Å². The van der Waals surface area contributed by atoms with Crippen LogP contribution in [0.4, 0.5) is 0 Å². The molecule has 0 amide bonds. The smallest absolute Gasteiger partial charge is 0.330 e. The third-order valence-electron chi connectivity index (χ3n) is 6.28. The van der Waals surface area contributed by atoms with Gasteiger partial charge in [-0.05, 0) is 121 Å². The quantitative estimate of drug-likeness (QED) is 0.0501. The normalized spacial score (nSPS) is 10.8. The molecule has 0 saturated heterocycles. The monoisotopic (exact) mass is 686 g/mol. The van der Waals surface area contributed by atoms with Gasteiger partial charge >= 0.3 is 11.9 Å². The third-order valence-corrected chi connectivity index (χ3v) is 7.97. The summed E-state index contributed by atoms with van der Waals surface area (Å²) in [5.74, 6) is 0.590. The number of benzene rings is 3. The average Bonchev–Trinajstić information content (AvgIpc) is 3.11. The first kappa shape index (κ1) is 37.7. The summed E-state index contributed by atoms with van der Waals surface area (Å²) < 4.78 is 21.3. The van der Waals surface area contributed by atoms with Crippen LogP contribution >= 0.6 is 23.5 Å². The van der Waals surface area contributed by atoms with E-state index in [2.05, 4.69) is 13.2 Å². The Kier molecular flexibility index (Phi) is 17.2. The first-order valence-electron chi connectivity index (χ1n) is 15.3. The molecule has 0 aromatic heterocycles. The molecule has 0 radical (unpaired) electrons. The van der Waals surface area contributed by atoms with Gasteiger partial charge in [-0.15, -0.1) is 0 Å².